The number of piperidine rings is 1. The molecule has 2 aromatic rings. The van der Waals surface area contributed by atoms with Gasteiger partial charge in [0.25, 0.3) is 5.91 Å². The van der Waals surface area contributed by atoms with Crippen molar-refractivity contribution in [3.8, 4) is 0 Å². The van der Waals surface area contributed by atoms with E-state index in [1.807, 2.05) is 55.9 Å². The molecule has 1 fully saturated rings. The van der Waals surface area contributed by atoms with Crippen LogP contribution in [0.25, 0.3) is 0 Å². The lowest BCUT2D eigenvalue weighted by Gasteiger charge is -2.31. The van der Waals surface area contributed by atoms with Gasteiger partial charge < -0.3 is 9.80 Å². The molecule has 0 unspecified atom stereocenters. The summed E-state index contributed by atoms with van der Waals surface area (Å²) in [4.78, 5) is 21.3. The van der Waals surface area contributed by atoms with E-state index >= 15 is 0 Å². The monoisotopic (exact) mass is 327 g/mol. The first kappa shape index (κ1) is 16.5. The van der Waals surface area contributed by atoms with Crippen LogP contribution in [0.4, 0.5) is 5.95 Å². The molecular weight excluding hydrogens is 302 g/mol. The molecule has 0 saturated carbocycles. The molecule has 128 valence electrons. The highest BCUT2D eigenvalue weighted by molar-refractivity contribution is 5.97. The molecule has 1 aromatic heterocycles. The Hall–Kier alpha value is -2.37. The zero-order chi connectivity index (χ0) is 17.3. The number of likely N-dealkylation sites (tertiary alicyclic amines) is 1. The van der Waals surface area contributed by atoms with Crippen LogP contribution in [0.3, 0.4) is 0 Å². The SMILES string of the molecule is Cc1cccc(C)c1C(=O)N1CCC(c2nc(N(C)C)n[nH]2)CC1. The minimum atomic E-state index is 0.149. The number of carbonyl (C=O) groups excluding carboxylic acids is 1. The van der Waals surface area contributed by atoms with Gasteiger partial charge in [0, 0.05) is 38.7 Å². The van der Waals surface area contributed by atoms with Crippen molar-refractivity contribution in [3.05, 3.63) is 40.7 Å². The minimum absolute atomic E-state index is 0.149. The second kappa shape index (κ2) is 6.63. The summed E-state index contributed by atoms with van der Waals surface area (Å²) >= 11 is 0. The number of hydrogen-bond acceptors (Lipinski definition) is 4. The first-order valence-electron chi connectivity index (χ1n) is 8.42. The van der Waals surface area contributed by atoms with E-state index < -0.39 is 0 Å². The maximum atomic E-state index is 12.9. The number of nitrogens with zero attached hydrogens (tertiary/aromatic N) is 4. The molecule has 0 radical (unpaired) electrons. The Morgan fingerprint density at radius 1 is 1.21 bits per heavy atom. The third-order valence-electron chi connectivity index (χ3n) is 4.75. The molecule has 0 spiro atoms. The molecule has 1 amide bonds. The zero-order valence-electron chi connectivity index (χ0n) is 14.8. The Bertz CT molecular complexity index is 709. The van der Waals surface area contributed by atoms with Crippen LogP contribution >= 0.6 is 0 Å². The molecule has 1 aliphatic heterocycles. The molecule has 0 bridgehead atoms. The number of aryl methyl sites for hydroxylation is 2. The second-order valence-corrected chi connectivity index (χ2v) is 6.75. The third-order valence-corrected chi connectivity index (χ3v) is 4.75. The lowest BCUT2D eigenvalue weighted by atomic mass is 9.94. The van der Waals surface area contributed by atoms with E-state index in [2.05, 4.69) is 15.2 Å². The third kappa shape index (κ3) is 3.13. The van der Waals surface area contributed by atoms with E-state index in [1.54, 1.807) is 0 Å². The maximum Gasteiger partial charge on any atom is 0.254 e. The highest BCUT2D eigenvalue weighted by atomic mass is 16.2. The lowest BCUT2D eigenvalue weighted by Crippen LogP contribution is -2.38. The van der Waals surface area contributed by atoms with Crippen molar-refractivity contribution < 1.29 is 4.79 Å². The van der Waals surface area contributed by atoms with Gasteiger partial charge in [0.1, 0.15) is 5.82 Å². The number of rotatable bonds is 3. The smallest absolute Gasteiger partial charge is 0.254 e. The Balaban J connectivity index is 1.67. The average molecular weight is 327 g/mol. The first-order valence-corrected chi connectivity index (χ1v) is 8.42. The number of anilines is 1. The first-order chi connectivity index (χ1) is 11.5. The molecule has 1 aliphatic rings. The molecule has 6 heteroatoms. The van der Waals surface area contributed by atoms with Crippen LogP contribution in [0.15, 0.2) is 18.2 Å². The quantitative estimate of drug-likeness (QED) is 0.941. The topological polar surface area (TPSA) is 65.1 Å². The summed E-state index contributed by atoms with van der Waals surface area (Å²) in [5.74, 6) is 2.13. The van der Waals surface area contributed by atoms with Crippen LogP contribution in [-0.4, -0.2) is 53.2 Å². The normalized spacial score (nSPS) is 15.6. The molecule has 3 rings (SSSR count). The van der Waals surface area contributed by atoms with Gasteiger partial charge in [-0.1, -0.05) is 18.2 Å². The van der Waals surface area contributed by atoms with Crippen molar-refractivity contribution in [3.63, 3.8) is 0 Å². The zero-order valence-corrected chi connectivity index (χ0v) is 14.8. The highest BCUT2D eigenvalue weighted by Gasteiger charge is 2.27. The second-order valence-electron chi connectivity index (χ2n) is 6.75. The molecule has 0 aliphatic carbocycles. The van der Waals surface area contributed by atoms with Crippen LogP contribution in [0.1, 0.15) is 46.1 Å². The van der Waals surface area contributed by atoms with Gasteiger partial charge in [0.15, 0.2) is 0 Å². The molecular formula is C18H25N5O. The Morgan fingerprint density at radius 2 is 1.83 bits per heavy atom. The van der Waals surface area contributed by atoms with Crippen LogP contribution in [0.5, 0.6) is 0 Å². The Morgan fingerprint density at radius 3 is 2.38 bits per heavy atom. The van der Waals surface area contributed by atoms with Gasteiger partial charge in [-0.3, -0.25) is 9.89 Å². The number of amides is 1. The fraction of sp³-hybridized carbons (Fsp3) is 0.500. The average Bonchev–Trinajstić information content (AvgIpc) is 3.05. The van der Waals surface area contributed by atoms with Crippen molar-refractivity contribution in [2.75, 3.05) is 32.1 Å². The lowest BCUT2D eigenvalue weighted by molar-refractivity contribution is 0.0709. The molecule has 6 nitrogen and oxygen atoms in total. The van der Waals surface area contributed by atoms with E-state index in [0.717, 1.165) is 48.4 Å². The summed E-state index contributed by atoms with van der Waals surface area (Å²) in [6.45, 7) is 5.53. The number of H-pyrrole nitrogens is 1. The van der Waals surface area contributed by atoms with Gasteiger partial charge in [-0.2, -0.15) is 4.98 Å². The molecule has 2 heterocycles. The fourth-order valence-electron chi connectivity index (χ4n) is 3.31. The predicted molar refractivity (Wildman–Crippen MR) is 94.5 cm³/mol. The van der Waals surface area contributed by atoms with Crippen molar-refractivity contribution >= 4 is 11.9 Å². The van der Waals surface area contributed by atoms with E-state index in [0.29, 0.717) is 11.9 Å². The number of aromatic nitrogens is 3. The summed E-state index contributed by atoms with van der Waals surface area (Å²) in [6.07, 6.45) is 1.83. The van der Waals surface area contributed by atoms with Crippen molar-refractivity contribution in [2.45, 2.75) is 32.6 Å². The number of nitrogens with one attached hydrogen (secondary N) is 1. The molecule has 1 N–H and O–H groups in total. The van der Waals surface area contributed by atoms with Crippen LogP contribution in [0, 0.1) is 13.8 Å². The minimum Gasteiger partial charge on any atom is -0.346 e. The van der Waals surface area contributed by atoms with Gasteiger partial charge in [-0.15, -0.1) is 5.10 Å². The highest BCUT2D eigenvalue weighted by Crippen LogP contribution is 2.28. The number of benzene rings is 1. The van der Waals surface area contributed by atoms with Crippen LogP contribution < -0.4 is 4.90 Å². The standard InChI is InChI=1S/C18H25N5O/c1-12-6-5-7-13(2)15(12)17(24)23-10-8-14(9-11-23)16-19-18(21-20-16)22(3)4/h5-7,14H,8-11H2,1-4H3,(H,19,20,21). The van der Waals surface area contributed by atoms with Gasteiger partial charge in [-0.25, -0.2) is 0 Å². The van der Waals surface area contributed by atoms with Crippen molar-refractivity contribution in [1.82, 2.24) is 20.1 Å². The van der Waals surface area contributed by atoms with Gasteiger partial charge in [-0.05, 0) is 37.8 Å². The maximum absolute atomic E-state index is 12.9. The molecule has 24 heavy (non-hydrogen) atoms. The fourth-order valence-corrected chi connectivity index (χ4v) is 3.31. The summed E-state index contributed by atoms with van der Waals surface area (Å²) in [5.41, 5.74) is 2.95. The Labute approximate surface area is 142 Å². The number of aromatic amines is 1. The van der Waals surface area contributed by atoms with E-state index in [1.165, 1.54) is 0 Å². The Kier molecular flexibility index (Phi) is 4.55. The van der Waals surface area contributed by atoms with Crippen LogP contribution in [-0.2, 0) is 0 Å². The van der Waals surface area contributed by atoms with E-state index in [-0.39, 0.29) is 5.91 Å². The predicted octanol–water partition coefficient (Wildman–Crippen LogP) is 2.51. The summed E-state index contributed by atoms with van der Waals surface area (Å²) < 4.78 is 0. The van der Waals surface area contributed by atoms with E-state index in [9.17, 15) is 4.79 Å². The van der Waals surface area contributed by atoms with Gasteiger partial charge in [0.2, 0.25) is 5.95 Å². The number of carbonyl (C=O) groups is 1. The number of hydrogen-bond donors (Lipinski definition) is 1. The van der Waals surface area contributed by atoms with Crippen molar-refractivity contribution in [2.24, 2.45) is 0 Å². The molecule has 1 aromatic carbocycles. The molecule has 1 saturated heterocycles. The summed E-state index contributed by atoms with van der Waals surface area (Å²) in [5, 5.41) is 7.27. The summed E-state index contributed by atoms with van der Waals surface area (Å²) in [6, 6.07) is 6.01. The summed E-state index contributed by atoms with van der Waals surface area (Å²) in [7, 11) is 3.86. The largest absolute Gasteiger partial charge is 0.346 e. The van der Waals surface area contributed by atoms with Gasteiger partial charge >= 0.3 is 0 Å². The van der Waals surface area contributed by atoms with Crippen LogP contribution in [0.2, 0.25) is 0 Å². The van der Waals surface area contributed by atoms with E-state index in [4.69, 9.17) is 0 Å². The molecule has 0 atom stereocenters. The van der Waals surface area contributed by atoms with Gasteiger partial charge in [0.05, 0.1) is 0 Å². The van der Waals surface area contributed by atoms with Crippen molar-refractivity contribution in [1.29, 1.82) is 0 Å².